The van der Waals surface area contributed by atoms with E-state index in [0.29, 0.717) is 17.8 Å². The van der Waals surface area contributed by atoms with Crippen LogP contribution < -0.4 is 4.90 Å². The largest absolute Gasteiger partial charge is 0.309 e. The minimum atomic E-state index is -3.82. The summed E-state index contributed by atoms with van der Waals surface area (Å²) in [6.45, 7) is 2.18. The van der Waals surface area contributed by atoms with Crippen molar-refractivity contribution in [3.05, 3.63) is 59.9 Å². The van der Waals surface area contributed by atoms with Crippen molar-refractivity contribution in [3.8, 4) is 0 Å². The van der Waals surface area contributed by atoms with Crippen LogP contribution in [-0.2, 0) is 9.05 Å². The van der Waals surface area contributed by atoms with E-state index in [2.05, 4.69) is 0 Å². The standard InChI is InChI=1S/C15H13ClFNO3S/c1-2-18(13-7-5-12(17)6-8-13)15(19)11-3-9-14(10-4-11)22(16,20)21/h3-10H,2H2,1H3. The molecular weight excluding hydrogens is 329 g/mol. The molecule has 2 aromatic carbocycles. The second-order valence-corrected chi connectivity index (χ2v) is 7.05. The Labute approximate surface area is 132 Å². The summed E-state index contributed by atoms with van der Waals surface area (Å²) >= 11 is 0. The monoisotopic (exact) mass is 341 g/mol. The molecule has 0 N–H and O–H groups in total. The van der Waals surface area contributed by atoms with Crippen molar-refractivity contribution < 1.29 is 17.6 Å². The van der Waals surface area contributed by atoms with Crippen molar-refractivity contribution in [1.29, 1.82) is 0 Å². The molecule has 0 aliphatic heterocycles. The molecule has 0 aromatic heterocycles. The highest BCUT2D eigenvalue weighted by atomic mass is 35.7. The van der Waals surface area contributed by atoms with Crippen LogP contribution in [0.5, 0.6) is 0 Å². The van der Waals surface area contributed by atoms with Crippen molar-refractivity contribution in [2.24, 2.45) is 0 Å². The van der Waals surface area contributed by atoms with Crippen LogP contribution in [0.1, 0.15) is 17.3 Å². The third-order valence-corrected chi connectivity index (χ3v) is 4.45. The van der Waals surface area contributed by atoms with Crippen LogP contribution in [0.4, 0.5) is 10.1 Å². The van der Waals surface area contributed by atoms with E-state index >= 15 is 0 Å². The maximum absolute atomic E-state index is 13.0. The van der Waals surface area contributed by atoms with E-state index in [4.69, 9.17) is 10.7 Å². The van der Waals surface area contributed by atoms with E-state index in [0.717, 1.165) is 0 Å². The second kappa shape index (κ2) is 6.46. The SMILES string of the molecule is CCN(C(=O)c1ccc(S(=O)(=O)Cl)cc1)c1ccc(F)cc1. The van der Waals surface area contributed by atoms with Gasteiger partial charge in [0.1, 0.15) is 5.82 Å². The van der Waals surface area contributed by atoms with Gasteiger partial charge in [0, 0.05) is 28.5 Å². The fourth-order valence-electron chi connectivity index (χ4n) is 1.98. The van der Waals surface area contributed by atoms with Gasteiger partial charge in [-0.15, -0.1) is 0 Å². The van der Waals surface area contributed by atoms with Gasteiger partial charge in [-0.2, -0.15) is 0 Å². The molecule has 0 unspecified atom stereocenters. The zero-order chi connectivity index (χ0) is 16.3. The molecule has 0 bridgehead atoms. The third-order valence-electron chi connectivity index (χ3n) is 3.08. The number of carbonyl (C=O) groups is 1. The lowest BCUT2D eigenvalue weighted by atomic mass is 10.2. The van der Waals surface area contributed by atoms with Crippen LogP contribution >= 0.6 is 10.7 Å². The number of hydrogen-bond donors (Lipinski definition) is 0. The molecule has 7 heteroatoms. The fraction of sp³-hybridized carbons (Fsp3) is 0.133. The van der Waals surface area contributed by atoms with Gasteiger partial charge in [-0.3, -0.25) is 4.79 Å². The summed E-state index contributed by atoms with van der Waals surface area (Å²) in [7, 11) is 1.41. The van der Waals surface area contributed by atoms with Gasteiger partial charge in [0.2, 0.25) is 0 Å². The van der Waals surface area contributed by atoms with E-state index in [9.17, 15) is 17.6 Å². The highest BCUT2D eigenvalue weighted by Crippen LogP contribution is 2.20. The van der Waals surface area contributed by atoms with Gasteiger partial charge >= 0.3 is 0 Å². The van der Waals surface area contributed by atoms with Gasteiger partial charge in [0.25, 0.3) is 15.0 Å². The number of benzene rings is 2. The number of amides is 1. The van der Waals surface area contributed by atoms with Gasteiger partial charge in [-0.25, -0.2) is 12.8 Å². The van der Waals surface area contributed by atoms with Crippen molar-refractivity contribution >= 4 is 31.3 Å². The summed E-state index contributed by atoms with van der Waals surface area (Å²) in [5.41, 5.74) is 0.873. The minimum absolute atomic E-state index is 0.0736. The molecule has 0 saturated carbocycles. The van der Waals surface area contributed by atoms with Gasteiger partial charge in [0.05, 0.1) is 4.90 Å². The molecule has 116 valence electrons. The summed E-state index contributed by atoms with van der Waals surface area (Å²) in [6.07, 6.45) is 0. The smallest absolute Gasteiger partial charge is 0.261 e. The Morgan fingerprint density at radius 2 is 1.64 bits per heavy atom. The Kier molecular flexibility index (Phi) is 4.83. The molecule has 0 atom stereocenters. The molecule has 2 aromatic rings. The van der Waals surface area contributed by atoms with Crippen LogP contribution in [-0.4, -0.2) is 20.9 Å². The Balaban J connectivity index is 2.30. The van der Waals surface area contributed by atoms with E-state index in [-0.39, 0.29) is 16.6 Å². The van der Waals surface area contributed by atoms with Crippen molar-refractivity contribution in [2.75, 3.05) is 11.4 Å². The summed E-state index contributed by atoms with van der Waals surface area (Å²) in [6, 6.07) is 10.9. The summed E-state index contributed by atoms with van der Waals surface area (Å²) in [4.78, 5) is 13.9. The molecule has 2 rings (SSSR count). The molecule has 0 heterocycles. The lowest BCUT2D eigenvalue weighted by molar-refractivity contribution is 0.0988. The summed E-state index contributed by atoms with van der Waals surface area (Å²) < 4.78 is 35.3. The predicted octanol–water partition coefficient (Wildman–Crippen LogP) is 3.42. The second-order valence-electron chi connectivity index (χ2n) is 4.49. The molecule has 4 nitrogen and oxygen atoms in total. The molecule has 22 heavy (non-hydrogen) atoms. The zero-order valence-corrected chi connectivity index (χ0v) is 13.2. The maximum atomic E-state index is 13.0. The molecule has 0 aliphatic rings. The van der Waals surface area contributed by atoms with Crippen molar-refractivity contribution in [1.82, 2.24) is 0 Å². The first kappa shape index (κ1) is 16.5. The number of carbonyl (C=O) groups excluding carboxylic acids is 1. The topological polar surface area (TPSA) is 54.5 Å². The van der Waals surface area contributed by atoms with E-state index in [1.165, 1.54) is 53.4 Å². The maximum Gasteiger partial charge on any atom is 0.261 e. The Morgan fingerprint density at radius 3 is 2.09 bits per heavy atom. The summed E-state index contributed by atoms with van der Waals surface area (Å²) in [5, 5.41) is 0. The summed E-state index contributed by atoms with van der Waals surface area (Å²) in [5.74, 6) is -0.698. The number of halogens is 2. The molecule has 0 saturated heterocycles. The van der Waals surface area contributed by atoms with Gasteiger partial charge in [-0.05, 0) is 55.5 Å². The number of rotatable bonds is 4. The third kappa shape index (κ3) is 3.64. The lowest BCUT2D eigenvalue weighted by Gasteiger charge is -2.21. The first-order chi connectivity index (χ1) is 10.3. The normalized spacial score (nSPS) is 11.2. The number of anilines is 1. The zero-order valence-electron chi connectivity index (χ0n) is 11.7. The van der Waals surface area contributed by atoms with E-state index < -0.39 is 9.05 Å². The molecule has 0 fully saturated rings. The molecule has 0 radical (unpaired) electrons. The van der Waals surface area contributed by atoms with E-state index in [1.54, 1.807) is 6.92 Å². The van der Waals surface area contributed by atoms with E-state index in [1.807, 2.05) is 0 Å². The molecule has 0 spiro atoms. The highest BCUT2D eigenvalue weighted by molar-refractivity contribution is 8.13. The highest BCUT2D eigenvalue weighted by Gasteiger charge is 2.17. The van der Waals surface area contributed by atoms with Gasteiger partial charge in [-0.1, -0.05) is 0 Å². The Morgan fingerprint density at radius 1 is 1.09 bits per heavy atom. The minimum Gasteiger partial charge on any atom is -0.309 e. The predicted molar refractivity (Wildman–Crippen MR) is 83.2 cm³/mol. The molecule has 0 aliphatic carbocycles. The van der Waals surface area contributed by atoms with Gasteiger partial charge in [0.15, 0.2) is 0 Å². The first-order valence-corrected chi connectivity index (χ1v) is 8.76. The van der Waals surface area contributed by atoms with Crippen LogP contribution in [0.2, 0.25) is 0 Å². The quantitative estimate of drug-likeness (QED) is 0.801. The average molecular weight is 342 g/mol. The number of hydrogen-bond acceptors (Lipinski definition) is 3. The van der Waals surface area contributed by atoms with Crippen LogP contribution in [0, 0.1) is 5.82 Å². The average Bonchev–Trinajstić information content (AvgIpc) is 2.49. The lowest BCUT2D eigenvalue weighted by Crippen LogP contribution is -2.30. The first-order valence-electron chi connectivity index (χ1n) is 6.45. The van der Waals surface area contributed by atoms with Gasteiger partial charge < -0.3 is 4.90 Å². The van der Waals surface area contributed by atoms with Crippen molar-refractivity contribution in [3.63, 3.8) is 0 Å². The Bertz CT molecular complexity index is 773. The molecule has 1 amide bonds. The van der Waals surface area contributed by atoms with Crippen LogP contribution in [0.25, 0.3) is 0 Å². The number of nitrogens with zero attached hydrogens (tertiary/aromatic N) is 1. The molecular formula is C15H13ClFNO3S. The Hall–Kier alpha value is -1.92. The van der Waals surface area contributed by atoms with Crippen molar-refractivity contribution in [2.45, 2.75) is 11.8 Å². The van der Waals surface area contributed by atoms with Crippen LogP contribution in [0.15, 0.2) is 53.4 Å². The van der Waals surface area contributed by atoms with Crippen LogP contribution in [0.3, 0.4) is 0 Å². The fourth-order valence-corrected chi connectivity index (χ4v) is 2.75.